The number of para-hydroxylation sites is 1. The average Bonchev–Trinajstić information content (AvgIpc) is 3.13. The van der Waals surface area contributed by atoms with Crippen LogP contribution in [0.3, 0.4) is 0 Å². The van der Waals surface area contributed by atoms with Crippen molar-refractivity contribution in [3.05, 3.63) is 88.0 Å². The zero-order chi connectivity index (χ0) is 27.9. The summed E-state index contributed by atoms with van der Waals surface area (Å²) in [5.41, 5.74) is -3.84. The van der Waals surface area contributed by atoms with Gasteiger partial charge in [0.1, 0.15) is 17.3 Å². The summed E-state index contributed by atoms with van der Waals surface area (Å²) in [5, 5.41) is 14.3. The Balaban J connectivity index is 1.30. The Morgan fingerprint density at radius 3 is 2.56 bits per heavy atom. The van der Waals surface area contributed by atoms with E-state index in [2.05, 4.69) is 15.3 Å². The quantitative estimate of drug-likeness (QED) is 0.416. The molecular formula is C27H23ClF4N4O3. The molecule has 7 nitrogen and oxygen atoms in total. The molecule has 1 unspecified atom stereocenters. The van der Waals surface area contributed by atoms with Crippen molar-refractivity contribution in [2.24, 2.45) is 5.92 Å². The number of aromatic nitrogens is 2. The predicted octanol–water partition coefficient (Wildman–Crippen LogP) is 4.92. The minimum Gasteiger partial charge on any atom is -0.372 e. The van der Waals surface area contributed by atoms with Crippen LogP contribution >= 0.6 is 11.6 Å². The Morgan fingerprint density at radius 2 is 1.87 bits per heavy atom. The van der Waals surface area contributed by atoms with Gasteiger partial charge in [-0.25, -0.2) is 17.6 Å². The van der Waals surface area contributed by atoms with Crippen LogP contribution in [0.15, 0.2) is 48.9 Å². The van der Waals surface area contributed by atoms with Crippen LogP contribution in [0.2, 0.25) is 5.02 Å². The van der Waals surface area contributed by atoms with E-state index in [-0.39, 0.29) is 45.9 Å². The van der Waals surface area contributed by atoms with Gasteiger partial charge in [-0.3, -0.25) is 19.6 Å². The van der Waals surface area contributed by atoms with Crippen LogP contribution < -0.4 is 10.2 Å². The van der Waals surface area contributed by atoms with Crippen LogP contribution in [-0.2, 0) is 10.4 Å². The number of hydrogen-bond donors (Lipinski definition) is 2. The SMILES string of the molecule is O=C(N[C@H]1CC[C@H](CN2C(=O)C(O)(c3ccncc3F)c3cccc(F)c32)CC1)c1cc(Cl)cnc1C(F)F. The van der Waals surface area contributed by atoms with Gasteiger partial charge in [-0.1, -0.05) is 23.7 Å². The normalized spacial score (nSPS) is 22.7. The van der Waals surface area contributed by atoms with Crippen molar-refractivity contribution in [2.45, 2.75) is 43.8 Å². The number of carbonyl (C=O) groups is 2. The number of hydrogen-bond acceptors (Lipinski definition) is 5. The number of fused-ring (bicyclic) bond motifs is 1. The van der Waals surface area contributed by atoms with Crippen LogP contribution in [0.5, 0.6) is 0 Å². The van der Waals surface area contributed by atoms with Crippen molar-refractivity contribution >= 4 is 29.1 Å². The molecule has 3 aromatic rings. The van der Waals surface area contributed by atoms with Crippen molar-refractivity contribution in [1.29, 1.82) is 0 Å². The first kappa shape index (κ1) is 27.0. The van der Waals surface area contributed by atoms with Gasteiger partial charge in [0, 0.05) is 36.1 Å². The fraction of sp³-hybridized carbons (Fsp3) is 0.333. The first-order valence-electron chi connectivity index (χ1n) is 12.3. The van der Waals surface area contributed by atoms with Gasteiger partial charge in [-0.15, -0.1) is 0 Å². The maximum absolute atomic E-state index is 15.0. The lowest BCUT2D eigenvalue weighted by Crippen LogP contribution is -2.45. The second-order valence-corrected chi connectivity index (χ2v) is 10.1. The lowest BCUT2D eigenvalue weighted by Gasteiger charge is -2.32. The Kier molecular flexibility index (Phi) is 7.30. The molecule has 0 saturated heterocycles. The highest BCUT2D eigenvalue weighted by Crippen LogP contribution is 2.47. The monoisotopic (exact) mass is 562 g/mol. The average molecular weight is 563 g/mol. The van der Waals surface area contributed by atoms with E-state index in [1.165, 1.54) is 30.5 Å². The molecule has 2 N–H and O–H groups in total. The molecule has 204 valence electrons. The minimum absolute atomic E-state index is 0.0523. The van der Waals surface area contributed by atoms with Crippen molar-refractivity contribution in [3.8, 4) is 0 Å². The molecule has 1 saturated carbocycles. The molecule has 1 aliphatic heterocycles. The van der Waals surface area contributed by atoms with E-state index >= 15 is 0 Å². The van der Waals surface area contributed by atoms with Crippen LogP contribution in [0.1, 0.15) is 59.3 Å². The van der Waals surface area contributed by atoms with Gasteiger partial charge in [0.25, 0.3) is 18.2 Å². The third kappa shape index (κ3) is 4.85. The number of nitrogens with zero attached hydrogens (tertiary/aromatic N) is 3. The Hall–Kier alpha value is -3.57. The number of amides is 2. The second-order valence-electron chi connectivity index (χ2n) is 9.70. The molecule has 1 aromatic carbocycles. The number of carbonyl (C=O) groups excluding carboxylic acids is 2. The molecule has 5 rings (SSSR count). The highest BCUT2D eigenvalue weighted by molar-refractivity contribution is 6.30. The summed E-state index contributed by atoms with van der Waals surface area (Å²) in [6.07, 6.45) is 2.22. The van der Waals surface area contributed by atoms with E-state index in [4.69, 9.17) is 11.6 Å². The van der Waals surface area contributed by atoms with E-state index in [0.29, 0.717) is 25.7 Å². The lowest BCUT2D eigenvalue weighted by atomic mass is 9.85. The van der Waals surface area contributed by atoms with Gasteiger partial charge >= 0.3 is 0 Å². The molecule has 12 heteroatoms. The molecular weight excluding hydrogens is 540 g/mol. The Labute approximate surface area is 225 Å². The summed E-state index contributed by atoms with van der Waals surface area (Å²) in [7, 11) is 0. The molecule has 2 aromatic heterocycles. The van der Waals surface area contributed by atoms with Gasteiger partial charge in [0.05, 0.1) is 22.5 Å². The van der Waals surface area contributed by atoms with Crippen molar-refractivity contribution in [2.75, 3.05) is 11.4 Å². The largest absolute Gasteiger partial charge is 0.372 e. The Bertz CT molecular complexity index is 1430. The molecule has 2 aliphatic rings. The summed E-state index contributed by atoms with van der Waals surface area (Å²) >= 11 is 5.85. The number of nitrogens with one attached hydrogen (secondary N) is 1. The maximum atomic E-state index is 15.0. The zero-order valence-electron chi connectivity index (χ0n) is 20.4. The summed E-state index contributed by atoms with van der Waals surface area (Å²) < 4.78 is 56.2. The fourth-order valence-electron chi connectivity index (χ4n) is 5.41. The van der Waals surface area contributed by atoms with Crippen LogP contribution in [0.4, 0.5) is 23.2 Å². The smallest absolute Gasteiger partial charge is 0.281 e. The minimum atomic E-state index is -2.95. The van der Waals surface area contributed by atoms with Crippen LogP contribution in [-0.4, -0.2) is 39.5 Å². The summed E-state index contributed by atoms with van der Waals surface area (Å²) in [5.74, 6) is -3.32. The number of pyridine rings is 2. The van der Waals surface area contributed by atoms with E-state index in [0.717, 1.165) is 23.4 Å². The van der Waals surface area contributed by atoms with E-state index in [9.17, 15) is 32.3 Å². The van der Waals surface area contributed by atoms with Gasteiger partial charge in [0.15, 0.2) is 5.60 Å². The molecule has 0 bridgehead atoms. The number of benzene rings is 1. The van der Waals surface area contributed by atoms with Crippen LogP contribution in [0.25, 0.3) is 0 Å². The van der Waals surface area contributed by atoms with Gasteiger partial charge in [0.2, 0.25) is 0 Å². The summed E-state index contributed by atoms with van der Waals surface area (Å²) in [4.78, 5) is 34.6. The standard InChI is InChI=1S/C27H23ClF4N4O3/c28-15-10-17(22(24(31)32)34-11-15)25(37)35-16-6-4-14(5-7-16)13-36-23-19(2-1-3-20(23)29)27(39,26(36)38)18-8-9-33-12-21(18)30/h1-3,8-12,14,16,24,39H,4-7,13H2,(H,35,37)/t14-,16-,27?. The Morgan fingerprint density at radius 1 is 1.13 bits per heavy atom. The molecule has 3 heterocycles. The zero-order valence-corrected chi connectivity index (χ0v) is 21.1. The molecule has 1 aliphatic carbocycles. The lowest BCUT2D eigenvalue weighted by molar-refractivity contribution is -0.132. The second kappa shape index (κ2) is 10.5. The fourth-order valence-corrected chi connectivity index (χ4v) is 5.57. The first-order valence-corrected chi connectivity index (χ1v) is 12.7. The topological polar surface area (TPSA) is 95.4 Å². The number of halogens is 5. The molecule has 1 fully saturated rings. The highest BCUT2D eigenvalue weighted by Gasteiger charge is 2.53. The molecule has 0 radical (unpaired) electrons. The number of rotatable bonds is 6. The number of anilines is 1. The summed E-state index contributed by atoms with van der Waals surface area (Å²) in [6, 6.07) is 5.92. The van der Waals surface area contributed by atoms with E-state index in [1.54, 1.807) is 0 Å². The highest BCUT2D eigenvalue weighted by atomic mass is 35.5. The molecule has 2 amide bonds. The van der Waals surface area contributed by atoms with Gasteiger partial charge in [-0.2, -0.15) is 0 Å². The third-order valence-corrected chi connectivity index (χ3v) is 7.53. The first-order chi connectivity index (χ1) is 18.6. The van der Waals surface area contributed by atoms with Gasteiger partial charge < -0.3 is 15.3 Å². The van der Waals surface area contributed by atoms with E-state index < -0.39 is 41.2 Å². The predicted molar refractivity (Wildman–Crippen MR) is 133 cm³/mol. The van der Waals surface area contributed by atoms with Crippen molar-refractivity contribution < 1.29 is 32.3 Å². The van der Waals surface area contributed by atoms with E-state index in [1.807, 2.05) is 0 Å². The van der Waals surface area contributed by atoms with Crippen molar-refractivity contribution in [1.82, 2.24) is 15.3 Å². The number of alkyl halides is 2. The van der Waals surface area contributed by atoms with Crippen LogP contribution in [0, 0.1) is 17.6 Å². The molecule has 39 heavy (non-hydrogen) atoms. The molecule has 0 spiro atoms. The number of aliphatic hydroxyl groups is 1. The third-order valence-electron chi connectivity index (χ3n) is 7.32. The maximum Gasteiger partial charge on any atom is 0.281 e. The van der Waals surface area contributed by atoms with Crippen molar-refractivity contribution in [3.63, 3.8) is 0 Å². The summed E-state index contributed by atoms with van der Waals surface area (Å²) in [6.45, 7) is 0.0657. The van der Waals surface area contributed by atoms with Gasteiger partial charge in [-0.05, 0) is 49.8 Å². The molecule has 1 atom stereocenters.